The van der Waals surface area contributed by atoms with Gasteiger partial charge in [-0.3, -0.25) is 4.79 Å². The first-order valence-electron chi connectivity index (χ1n) is 4.41. The molecule has 2 aromatic rings. The molecular weight excluding hydrogens is 214 g/mol. The molecule has 0 aromatic carbocycles. The van der Waals surface area contributed by atoms with E-state index in [2.05, 4.69) is 4.98 Å². The summed E-state index contributed by atoms with van der Waals surface area (Å²) in [6.07, 6.45) is 1.82. The Labute approximate surface area is 90.2 Å². The molecule has 2 aromatic heterocycles. The van der Waals surface area contributed by atoms with E-state index in [1.54, 1.807) is 11.3 Å². The Morgan fingerprint density at radius 3 is 3.13 bits per heavy atom. The predicted octanol–water partition coefficient (Wildman–Crippen LogP) is 1.95. The largest absolute Gasteiger partial charge is 0.481 e. The molecular formula is C10H9NO3S. The molecule has 0 spiro atoms. The third-order valence-corrected chi connectivity index (χ3v) is 2.84. The number of carboxylic acids is 1. The first-order chi connectivity index (χ1) is 7.25. The van der Waals surface area contributed by atoms with E-state index < -0.39 is 5.97 Å². The molecule has 0 aliphatic heterocycles. The van der Waals surface area contributed by atoms with Gasteiger partial charge in [0, 0.05) is 11.3 Å². The molecule has 4 nitrogen and oxygen atoms in total. The highest BCUT2D eigenvalue weighted by molar-refractivity contribution is 7.09. The van der Waals surface area contributed by atoms with Crippen LogP contribution in [0.4, 0.5) is 0 Å². The number of hydrogen-bond donors (Lipinski definition) is 1. The third-order valence-electron chi connectivity index (χ3n) is 1.96. The second-order valence-corrected chi connectivity index (χ2v) is 4.08. The standard InChI is InChI=1S/C10H9NO3S/c12-10(13)5-8-9(14-6-11-8)4-7-2-1-3-15-7/h1-3,6H,4-5H2,(H,12,13). The Morgan fingerprint density at radius 1 is 1.60 bits per heavy atom. The van der Waals surface area contributed by atoms with Crippen LogP contribution in [0.5, 0.6) is 0 Å². The first kappa shape index (κ1) is 9.92. The van der Waals surface area contributed by atoms with Gasteiger partial charge >= 0.3 is 5.97 Å². The molecule has 0 radical (unpaired) electrons. The molecule has 0 amide bonds. The number of aromatic nitrogens is 1. The zero-order valence-electron chi connectivity index (χ0n) is 7.84. The zero-order valence-corrected chi connectivity index (χ0v) is 8.66. The number of aliphatic carboxylic acids is 1. The van der Waals surface area contributed by atoms with E-state index in [-0.39, 0.29) is 6.42 Å². The van der Waals surface area contributed by atoms with Crippen LogP contribution in [0.25, 0.3) is 0 Å². The van der Waals surface area contributed by atoms with Gasteiger partial charge in [0.15, 0.2) is 6.39 Å². The van der Waals surface area contributed by atoms with Crippen molar-refractivity contribution in [2.24, 2.45) is 0 Å². The fourth-order valence-electron chi connectivity index (χ4n) is 1.30. The molecule has 0 aliphatic carbocycles. The van der Waals surface area contributed by atoms with Crippen molar-refractivity contribution in [2.75, 3.05) is 0 Å². The van der Waals surface area contributed by atoms with Gasteiger partial charge in [0.1, 0.15) is 5.76 Å². The van der Waals surface area contributed by atoms with E-state index in [1.807, 2.05) is 17.5 Å². The van der Waals surface area contributed by atoms with Gasteiger partial charge in [-0.2, -0.15) is 0 Å². The minimum Gasteiger partial charge on any atom is -0.481 e. The molecule has 0 unspecified atom stereocenters. The summed E-state index contributed by atoms with van der Waals surface area (Å²) in [5.41, 5.74) is 0.510. The summed E-state index contributed by atoms with van der Waals surface area (Å²) in [6, 6.07) is 3.94. The van der Waals surface area contributed by atoms with E-state index in [0.717, 1.165) is 4.88 Å². The Bertz CT molecular complexity index is 447. The van der Waals surface area contributed by atoms with Gasteiger partial charge in [0.05, 0.1) is 12.1 Å². The lowest BCUT2D eigenvalue weighted by Gasteiger charge is -1.96. The first-order valence-corrected chi connectivity index (χ1v) is 5.29. The molecule has 0 fully saturated rings. The van der Waals surface area contributed by atoms with Crippen LogP contribution in [0.1, 0.15) is 16.3 Å². The van der Waals surface area contributed by atoms with Crippen LogP contribution in [-0.2, 0) is 17.6 Å². The number of oxazole rings is 1. The SMILES string of the molecule is O=C(O)Cc1ncoc1Cc1cccs1. The maximum atomic E-state index is 10.5. The van der Waals surface area contributed by atoms with Crippen molar-refractivity contribution in [3.05, 3.63) is 40.2 Å². The van der Waals surface area contributed by atoms with Crippen LogP contribution in [0.2, 0.25) is 0 Å². The molecule has 0 saturated heterocycles. The second-order valence-electron chi connectivity index (χ2n) is 3.05. The lowest BCUT2D eigenvalue weighted by Crippen LogP contribution is -2.03. The van der Waals surface area contributed by atoms with E-state index in [9.17, 15) is 4.79 Å². The minimum absolute atomic E-state index is 0.0861. The zero-order chi connectivity index (χ0) is 10.7. The highest BCUT2D eigenvalue weighted by Crippen LogP contribution is 2.17. The van der Waals surface area contributed by atoms with Gasteiger partial charge in [-0.05, 0) is 11.4 Å². The average Bonchev–Trinajstić information content (AvgIpc) is 2.78. The van der Waals surface area contributed by atoms with E-state index in [0.29, 0.717) is 17.9 Å². The highest BCUT2D eigenvalue weighted by Gasteiger charge is 2.12. The van der Waals surface area contributed by atoms with Crippen molar-refractivity contribution in [1.82, 2.24) is 4.98 Å². The van der Waals surface area contributed by atoms with Crippen molar-refractivity contribution < 1.29 is 14.3 Å². The van der Waals surface area contributed by atoms with Crippen LogP contribution in [0.3, 0.4) is 0 Å². The molecule has 0 aliphatic rings. The molecule has 2 rings (SSSR count). The van der Waals surface area contributed by atoms with Gasteiger partial charge in [-0.15, -0.1) is 11.3 Å². The van der Waals surface area contributed by atoms with E-state index in [1.165, 1.54) is 6.39 Å². The number of rotatable bonds is 4. The summed E-state index contributed by atoms with van der Waals surface area (Å²) in [7, 11) is 0. The van der Waals surface area contributed by atoms with Crippen LogP contribution in [0.15, 0.2) is 28.3 Å². The molecule has 0 bridgehead atoms. The number of carboxylic acid groups (broad SMARTS) is 1. The summed E-state index contributed by atoms with van der Waals surface area (Å²) < 4.78 is 5.17. The average molecular weight is 223 g/mol. The number of thiophene rings is 1. The Kier molecular flexibility index (Phi) is 2.82. The monoisotopic (exact) mass is 223 g/mol. The van der Waals surface area contributed by atoms with Crippen molar-refractivity contribution in [2.45, 2.75) is 12.8 Å². The summed E-state index contributed by atoms with van der Waals surface area (Å²) >= 11 is 1.61. The predicted molar refractivity (Wildman–Crippen MR) is 55.0 cm³/mol. The third kappa shape index (κ3) is 2.44. The quantitative estimate of drug-likeness (QED) is 0.860. The molecule has 2 heterocycles. The summed E-state index contributed by atoms with van der Waals surface area (Å²) in [5, 5.41) is 10.6. The smallest absolute Gasteiger partial charge is 0.309 e. The highest BCUT2D eigenvalue weighted by atomic mass is 32.1. The van der Waals surface area contributed by atoms with Crippen LogP contribution >= 0.6 is 11.3 Å². The fraction of sp³-hybridized carbons (Fsp3) is 0.200. The topological polar surface area (TPSA) is 63.3 Å². The lowest BCUT2D eigenvalue weighted by molar-refractivity contribution is -0.136. The van der Waals surface area contributed by atoms with Crippen LogP contribution < -0.4 is 0 Å². The molecule has 15 heavy (non-hydrogen) atoms. The maximum absolute atomic E-state index is 10.5. The molecule has 0 saturated carbocycles. The van der Waals surface area contributed by atoms with Crippen molar-refractivity contribution in [3.63, 3.8) is 0 Å². The number of hydrogen-bond acceptors (Lipinski definition) is 4. The van der Waals surface area contributed by atoms with Gasteiger partial charge in [-0.25, -0.2) is 4.98 Å². The van der Waals surface area contributed by atoms with E-state index >= 15 is 0 Å². The van der Waals surface area contributed by atoms with Crippen LogP contribution in [-0.4, -0.2) is 16.1 Å². The van der Waals surface area contributed by atoms with Crippen molar-refractivity contribution in [1.29, 1.82) is 0 Å². The van der Waals surface area contributed by atoms with Crippen molar-refractivity contribution >= 4 is 17.3 Å². The number of carbonyl (C=O) groups is 1. The summed E-state index contributed by atoms with van der Waals surface area (Å²) in [4.78, 5) is 15.6. The lowest BCUT2D eigenvalue weighted by atomic mass is 10.2. The van der Waals surface area contributed by atoms with Gasteiger partial charge < -0.3 is 9.52 Å². The Balaban J connectivity index is 2.14. The molecule has 1 N–H and O–H groups in total. The Hall–Kier alpha value is -1.62. The Morgan fingerprint density at radius 2 is 2.47 bits per heavy atom. The maximum Gasteiger partial charge on any atom is 0.309 e. The molecule has 78 valence electrons. The normalized spacial score (nSPS) is 10.4. The van der Waals surface area contributed by atoms with Gasteiger partial charge in [-0.1, -0.05) is 6.07 Å². The number of nitrogens with zero attached hydrogens (tertiary/aromatic N) is 1. The molecule has 0 atom stereocenters. The summed E-state index contributed by atoms with van der Waals surface area (Å²) in [6.45, 7) is 0. The fourth-order valence-corrected chi connectivity index (χ4v) is 2.00. The van der Waals surface area contributed by atoms with Crippen LogP contribution in [0, 0.1) is 0 Å². The van der Waals surface area contributed by atoms with Gasteiger partial charge in [0.25, 0.3) is 0 Å². The van der Waals surface area contributed by atoms with Crippen molar-refractivity contribution in [3.8, 4) is 0 Å². The minimum atomic E-state index is -0.892. The second kappa shape index (κ2) is 4.27. The molecule has 5 heteroatoms. The van der Waals surface area contributed by atoms with Gasteiger partial charge in [0.2, 0.25) is 0 Å². The summed E-state index contributed by atoms with van der Waals surface area (Å²) in [5.74, 6) is -0.254. The van der Waals surface area contributed by atoms with E-state index in [4.69, 9.17) is 9.52 Å².